The first-order valence-electron chi connectivity index (χ1n) is 10.9. The van der Waals surface area contributed by atoms with E-state index >= 15 is 0 Å². The predicted molar refractivity (Wildman–Crippen MR) is 91.9 cm³/mol. The zero-order chi connectivity index (χ0) is 14.5. The van der Waals surface area contributed by atoms with Crippen molar-refractivity contribution in [3.63, 3.8) is 0 Å². The molecule has 0 aromatic carbocycles. The summed E-state index contributed by atoms with van der Waals surface area (Å²) in [5, 5.41) is 0. The van der Waals surface area contributed by atoms with Crippen molar-refractivity contribution in [3.05, 3.63) is 0 Å². The number of hydrogen-bond acceptors (Lipinski definition) is 1. The minimum Gasteiger partial charge on any atom is -0.171 e. The van der Waals surface area contributed by atoms with Crippen LogP contribution in [0.4, 0.5) is 0 Å². The van der Waals surface area contributed by atoms with Gasteiger partial charge in [0.25, 0.3) is 0 Å². The van der Waals surface area contributed by atoms with Crippen molar-refractivity contribution in [1.29, 1.82) is 0 Å². The van der Waals surface area contributed by atoms with Crippen LogP contribution in [0.25, 0.3) is 0 Å². The molecule has 13 rings (SSSR count). The van der Waals surface area contributed by atoms with Crippen LogP contribution >= 0.6 is 12.6 Å². The van der Waals surface area contributed by atoms with Gasteiger partial charge >= 0.3 is 0 Å². The Morgan fingerprint density at radius 1 is 0.652 bits per heavy atom. The third kappa shape index (κ3) is 0.803. The molecule has 0 amide bonds. The van der Waals surface area contributed by atoms with Crippen molar-refractivity contribution in [2.45, 2.75) is 56.1 Å². The third-order valence-electron chi connectivity index (χ3n) is 12.6. The Hall–Kier alpha value is 0.350. The van der Waals surface area contributed by atoms with E-state index < -0.39 is 0 Å². The Labute approximate surface area is 145 Å². The molecule has 13 saturated carbocycles. The van der Waals surface area contributed by atoms with Crippen molar-refractivity contribution >= 4 is 12.6 Å². The van der Waals surface area contributed by atoms with E-state index in [0.29, 0.717) is 4.75 Å². The first kappa shape index (κ1) is 11.9. The molecule has 14 bridgehead atoms. The largest absolute Gasteiger partial charge is 0.171 e. The first-order valence-corrected chi connectivity index (χ1v) is 11.3. The van der Waals surface area contributed by atoms with E-state index in [-0.39, 0.29) is 0 Å². The quantitative estimate of drug-likeness (QED) is 0.616. The summed E-state index contributed by atoms with van der Waals surface area (Å²) in [6, 6.07) is 0. The Balaban J connectivity index is 1.45. The minimum atomic E-state index is 0.513. The summed E-state index contributed by atoms with van der Waals surface area (Å²) in [5.41, 5.74) is 1.56. The molecule has 13 aliphatic carbocycles. The van der Waals surface area contributed by atoms with Gasteiger partial charge in [0.15, 0.2) is 0 Å². The molecule has 1 heteroatoms. The topological polar surface area (TPSA) is 0 Å². The molecule has 13 aliphatic rings. The van der Waals surface area contributed by atoms with E-state index in [4.69, 9.17) is 12.6 Å². The van der Waals surface area contributed by atoms with Crippen LogP contribution in [0.3, 0.4) is 0 Å². The third-order valence-corrected chi connectivity index (χ3v) is 13.7. The smallest absolute Gasteiger partial charge is 0.0256 e. The summed E-state index contributed by atoms with van der Waals surface area (Å²) < 4.78 is 0.513. The van der Waals surface area contributed by atoms with E-state index in [0.717, 1.165) is 52.3 Å². The van der Waals surface area contributed by atoms with Gasteiger partial charge in [-0.25, -0.2) is 0 Å². The molecule has 2 spiro atoms. The monoisotopic (exact) mass is 324 g/mol. The molecule has 0 aliphatic heterocycles. The molecular weight excluding hydrogens is 296 g/mol. The molecule has 6 unspecified atom stereocenters. The van der Waals surface area contributed by atoms with Gasteiger partial charge in [-0.15, -0.1) is 0 Å². The highest BCUT2D eigenvalue weighted by molar-refractivity contribution is 7.82. The van der Waals surface area contributed by atoms with E-state index in [9.17, 15) is 0 Å². The van der Waals surface area contributed by atoms with Gasteiger partial charge in [-0.05, 0) is 127 Å². The van der Waals surface area contributed by atoms with Gasteiger partial charge in [0.05, 0.1) is 0 Å². The fourth-order valence-corrected chi connectivity index (χ4v) is 14.6. The minimum absolute atomic E-state index is 0.513. The Morgan fingerprint density at radius 2 is 1.43 bits per heavy atom. The molecule has 0 heterocycles. The molecule has 0 saturated heterocycles. The molecular formula is C22H28S. The van der Waals surface area contributed by atoms with Crippen LogP contribution in [0.5, 0.6) is 0 Å². The standard InChI is InChI=1S/C22H28S/c23-22-16-4-10-2-12-15(16)7-20-5-9-1-11-14(13(3-9)19(20)22)8-21(22,6-10)18(12)17(11)20/h9-19,23H,1-8H2/t9-,10-,11?,12+,13-,14+,15+,16?,17?,18?,19?,20-,21-,22?/m0/s1. The first-order chi connectivity index (χ1) is 11.2. The maximum absolute atomic E-state index is 5.85. The van der Waals surface area contributed by atoms with Gasteiger partial charge in [-0.3, -0.25) is 0 Å². The van der Waals surface area contributed by atoms with Crippen molar-refractivity contribution in [3.8, 4) is 0 Å². The summed E-state index contributed by atoms with van der Waals surface area (Å²) in [5.74, 6) is 12.5. The molecule has 0 N–H and O–H groups in total. The number of thiol groups is 1. The van der Waals surface area contributed by atoms with Crippen molar-refractivity contribution in [2.24, 2.45) is 75.9 Å². The SMILES string of the molecule is SC12C3C[C@@H]4C[C@H]5C6C7C8C[C@H]9C[C@H](C1[C@@]7(C9)C[C@@H]35)[C@@H]8C[C@@]62C4. The summed E-state index contributed by atoms with van der Waals surface area (Å²) >= 11 is 5.85. The fraction of sp³-hybridized carbons (Fsp3) is 1.00. The second kappa shape index (κ2) is 2.89. The normalized spacial score (nSPS) is 85.2. The lowest BCUT2D eigenvalue weighted by Gasteiger charge is -2.93. The second-order valence-corrected chi connectivity index (χ2v) is 12.9. The summed E-state index contributed by atoms with van der Waals surface area (Å²) in [6.45, 7) is 0. The van der Waals surface area contributed by atoms with Gasteiger partial charge in [-0.1, -0.05) is 0 Å². The second-order valence-electron chi connectivity index (χ2n) is 12.2. The molecule has 0 aromatic heterocycles. The lowest BCUT2D eigenvalue weighted by Crippen LogP contribution is -2.90. The average Bonchev–Trinajstić information content (AvgIpc) is 2.53. The molecule has 14 atom stereocenters. The van der Waals surface area contributed by atoms with Crippen LogP contribution in [0.1, 0.15) is 51.4 Å². The summed E-state index contributed by atoms with van der Waals surface area (Å²) in [4.78, 5) is 0. The highest BCUT2D eigenvalue weighted by atomic mass is 32.1. The van der Waals surface area contributed by atoms with E-state index in [1.165, 1.54) is 23.7 Å². The molecule has 23 heavy (non-hydrogen) atoms. The van der Waals surface area contributed by atoms with Crippen LogP contribution < -0.4 is 0 Å². The van der Waals surface area contributed by atoms with E-state index in [2.05, 4.69) is 0 Å². The lowest BCUT2D eigenvalue weighted by atomic mass is 9.13. The molecule has 0 aromatic rings. The Bertz CT molecular complexity index is 700. The lowest BCUT2D eigenvalue weighted by molar-refractivity contribution is -0.418. The zero-order valence-corrected chi connectivity index (χ0v) is 14.8. The van der Waals surface area contributed by atoms with Crippen LogP contribution in [0.15, 0.2) is 0 Å². The molecule has 0 nitrogen and oxygen atoms in total. The Kier molecular flexibility index (Phi) is 1.49. The summed E-state index contributed by atoms with van der Waals surface area (Å²) in [6.07, 6.45) is 13.2. The summed E-state index contributed by atoms with van der Waals surface area (Å²) in [7, 11) is 0. The van der Waals surface area contributed by atoms with Gasteiger partial charge in [-0.2, -0.15) is 12.6 Å². The molecule has 0 radical (unpaired) electrons. The van der Waals surface area contributed by atoms with Crippen LogP contribution in [-0.4, -0.2) is 4.75 Å². The molecule has 122 valence electrons. The maximum atomic E-state index is 5.85. The molecule has 13 fully saturated rings. The van der Waals surface area contributed by atoms with Crippen LogP contribution in [-0.2, 0) is 0 Å². The van der Waals surface area contributed by atoms with Crippen molar-refractivity contribution in [2.75, 3.05) is 0 Å². The van der Waals surface area contributed by atoms with Gasteiger partial charge < -0.3 is 0 Å². The van der Waals surface area contributed by atoms with Gasteiger partial charge in [0.2, 0.25) is 0 Å². The number of hydrogen-bond donors (Lipinski definition) is 1. The van der Waals surface area contributed by atoms with E-state index in [1.54, 1.807) is 51.4 Å². The predicted octanol–water partition coefficient (Wildman–Crippen LogP) is 4.65. The Morgan fingerprint density at radius 3 is 2.35 bits per heavy atom. The maximum Gasteiger partial charge on any atom is 0.0256 e. The fourth-order valence-electron chi connectivity index (χ4n) is 13.5. The van der Waals surface area contributed by atoms with Crippen LogP contribution in [0, 0.1) is 75.9 Å². The van der Waals surface area contributed by atoms with Gasteiger partial charge in [0.1, 0.15) is 0 Å². The van der Waals surface area contributed by atoms with E-state index in [1.807, 2.05) is 0 Å². The van der Waals surface area contributed by atoms with Crippen LogP contribution in [0.2, 0.25) is 0 Å². The highest BCUT2D eigenvalue weighted by Crippen LogP contribution is 2.94. The zero-order valence-electron chi connectivity index (χ0n) is 14.0. The number of rotatable bonds is 0. The van der Waals surface area contributed by atoms with Crippen molar-refractivity contribution in [1.82, 2.24) is 0 Å². The van der Waals surface area contributed by atoms with Gasteiger partial charge in [0, 0.05) is 4.75 Å². The van der Waals surface area contributed by atoms with Crippen molar-refractivity contribution < 1.29 is 0 Å². The highest BCUT2D eigenvalue weighted by Gasteiger charge is 2.90. The average molecular weight is 325 g/mol.